The Labute approximate surface area is 53.4 Å². The molecule has 0 bridgehead atoms. The molecule has 0 aliphatic carbocycles. The van der Waals surface area contributed by atoms with E-state index in [1.54, 1.807) is 17.8 Å². The van der Waals surface area contributed by atoms with E-state index in [1.807, 2.05) is 12.1 Å². The highest BCUT2D eigenvalue weighted by molar-refractivity contribution is 7.79. The summed E-state index contributed by atoms with van der Waals surface area (Å²) in [6, 6.07) is 3.74. The van der Waals surface area contributed by atoms with E-state index in [-0.39, 0.29) is 0 Å². The summed E-state index contributed by atoms with van der Waals surface area (Å²) < 4.78 is 0. The number of rotatable bonds is 1. The molecule has 0 N–H and O–H groups in total. The molecule has 0 saturated carbocycles. The Balaban J connectivity index is 2.99. The smallest absolute Gasteiger partial charge is 0.0274 e. The predicted molar refractivity (Wildman–Crippen MR) is 37.0 cm³/mol. The van der Waals surface area contributed by atoms with Gasteiger partial charge in [-0.25, -0.2) is 0 Å². The molecule has 1 nitrogen and oxygen atoms in total. The van der Waals surface area contributed by atoms with Crippen molar-refractivity contribution in [2.45, 2.75) is 0 Å². The minimum absolute atomic E-state index is 1.04. The van der Waals surface area contributed by atoms with Crippen LogP contribution in [-0.2, 0) is 0 Å². The van der Waals surface area contributed by atoms with E-state index in [4.69, 9.17) is 0 Å². The summed E-state index contributed by atoms with van der Waals surface area (Å²) in [4.78, 5) is 3.83. The topological polar surface area (TPSA) is 12.9 Å². The molecule has 1 aromatic heterocycles. The molecule has 1 heterocycles. The van der Waals surface area contributed by atoms with Crippen LogP contribution in [0.2, 0.25) is 0 Å². The van der Waals surface area contributed by atoms with Crippen molar-refractivity contribution >= 4 is 17.6 Å². The van der Waals surface area contributed by atoms with Crippen LogP contribution in [-0.4, -0.2) is 10.4 Å². The van der Waals surface area contributed by atoms with E-state index < -0.39 is 0 Å². The quantitative estimate of drug-likeness (QED) is 0.524. The first kappa shape index (κ1) is 5.38. The van der Waals surface area contributed by atoms with Crippen LogP contribution in [0.5, 0.6) is 0 Å². The van der Waals surface area contributed by atoms with Gasteiger partial charge in [-0.3, -0.25) is 4.98 Å². The molecular formula is C6H5NS. The van der Waals surface area contributed by atoms with Crippen LogP contribution in [0.15, 0.2) is 24.5 Å². The summed E-state index contributed by atoms with van der Waals surface area (Å²) in [6.07, 6.45) is 3.44. The normalized spacial score (nSPS) is 8.50. The summed E-state index contributed by atoms with van der Waals surface area (Å²) in [5.41, 5.74) is 1.04. The van der Waals surface area contributed by atoms with E-state index in [9.17, 15) is 0 Å². The summed E-state index contributed by atoms with van der Waals surface area (Å²) in [7, 11) is 0. The third-order valence-corrected chi connectivity index (χ3v) is 1.11. The zero-order chi connectivity index (χ0) is 5.82. The summed E-state index contributed by atoms with van der Waals surface area (Å²) in [5.74, 6) is 0. The molecule has 1 aromatic rings. The molecule has 0 radical (unpaired) electrons. The second-order valence-corrected chi connectivity index (χ2v) is 1.63. The number of pyridine rings is 1. The highest BCUT2D eigenvalue weighted by Gasteiger charge is 1.78. The van der Waals surface area contributed by atoms with Gasteiger partial charge in [-0.05, 0) is 17.7 Å². The molecule has 0 aliphatic rings. The third kappa shape index (κ3) is 1.10. The fraction of sp³-hybridized carbons (Fsp3) is 0. The van der Waals surface area contributed by atoms with Gasteiger partial charge in [-0.1, -0.05) is 12.2 Å². The van der Waals surface area contributed by atoms with Crippen LogP contribution in [0.1, 0.15) is 5.56 Å². The first-order valence-electron chi connectivity index (χ1n) is 2.28. The van der Waals surface area contributed by atoms with E-state index in [2.05, 4.69) is 17.2 Å². The summed E-state index contributed by atoms with van der Waals surface area (Å²) in [6.45, 7) is 0. The Bertz CT molecular complexity index is 171. The van der Waals surface area contributed by atoms with Crippen molar-refractivity contribution in [3.05, 3.63) is 30.1 Å². The molecule has 8 heavy (non-hydrogen) atoms. The molecule has 0 saturated heterocycles. The zero-order valence-electron chi connectivity index (χ0n) is 4.24. The molecule has 2 heteroatoms. The number of aromatic nitrogens is 1. The zero-order valence-corrected chi connectivity index (χ0v) is 5.06. The molecule has 0 unspecified atom stereocenters. The molecule has 1 rings (SSSR count). The number of hydrogen-bond donors (Lipinski definition) is 0. The summed E-state index contributed by atoms with van der Waals surface area (Å²) in [5, 5.41) is 1.63. The first-order chi connectivity index (χ1) is 3.93. The third-order valence-electron chi connectivity index (χ3n) is 0.842. The first-order valence-corrected chi connectivity index (χ1v) is 2.76. The van der Waals surface area contributed by atoms with Gasteiger partial charge in [0.1, 0.15) is 0 Å². The van der Waals surface area contributed by atoms with Crippen LogP contribution in [0.3, 0.4) is 0 Å². The fourth-order valence-electron chi connectivity index (χ4n) is 0.442. The molecular weight excluding hydrogens is 118 g/mol. The average molecular weight is 123 g/mol. The fourth-order valence-corrected chi connectivity index (χ4v) is 0.599. The van der Waals surface area contributed by atoms with E-state index >= 15 is 0 Å². The van der Waals surface area contributed by atoms with Crippen LogP contribution in [0.4, 0.5) is 0 Å². The Kier molecular flexibility index (Phi) is 1.70. The van der Waals surface area contributed by atoms with Crippen molar-refractivity contribution in [3.8, 4) is 0 Å². The molecule has 0 amide bonds. The predicted octanol–water partition coefficient (Wildman–Crippen LogP) is 1.43. The van der Waals surface area contributed by atoms with Gasteiger partial charge in [0.25, 0.3) is 0 Å². The van der Waals surface area contributed by atoms with Crippen LogP contribution < -0.4 is 0 Å². The van der Waals surface area contributed by atoms with Crippen LogP contribution in [0, 0.1) is 0 Å². The number of thiocarbonyl (C=S) groups is 1. The number of nitrogens with zero attached hydrogens (tertiary/aromatic N) is 1. The lowest BCUT2D eigenvalue weighted by Gasteiger charge is -1.83. The largest absolute Gasteiger partial charge is 0.265 e. The Morgan fingerprint density at radius 1 is 1.38 bits per heavy atom. The van der Waals surface area contributed by atoms with Crippen molar-refractivity contribution in [2.24, 2.45) is 0 Å². The number of hydrogen-bond acceptors (Lipinski definition) is 2. The van der Waals surface area contributed by atoms with Gasteiger partial charge in [-0.2, -0.15) is 0 Å². The van der Waals surface area contributed by atoms with Crippen molar-refractivity contribution in [1.82, 2.24) is 4.98 Å². The van der Waals surface area contributed by atoms with Gasteiger partial charge in [0, 0.05) is 17.8 Å². The molecule has 0 spiro atoms. The summed E-state index contributed by atoms with van der Waals surface area (Å²) >= 11 is 4.67. The maximum Gasteiger partial charge on any atom is 0.0274 e. The standard InChI is InChI=1S/C6H5NS/c8-5-6-1-3-7-4-2-6/h1-5H. The van der Waals surface area contributed by atoms with Crippen molar-refractivity contribution in [1.29, 1.82) is 0 Å². The lowest BCUT2D eigenvalue weighted by Crippen LogP contribution is -1.75. The van der Waals surface area contributed by atoms with E-state index in [0.717, 1.165) is 5.56 Å². The van der Waals surface area contributed by atoms with Gasteiger partial charge in [0.2, 0.25) is 0 Å². The van der Waals surface area contributed by atoms with E-state index in [1.165, 1.54) is 0 Å². The lowest BCUT2D eigenvalue weighted by molar-refractivity contribution is 1.33. The SMILES string of the molecule is S=Cc1ccncc1. The molecule has 0 fully saturated rings. The average Bonchev–Trinajstić information content (AvgIpc) is 1.90. The molecule has 0 aromatic carbocycles. The highest BCUT2D eigenvalue weighted by atomic mass is 32.1. The van der Waals surface area contributed by atoms with Crippen molar-refractivity contribution in [3.63, 3.8) is 0 Å². The second-order valence-electron chi connectivity index (χ2n) is 1.40. The van der Waals surface area contributed by atoms with E-state index in [0.29, 0.717) is 0 Å². The maximum absolute atomic E-state index is 4.67. The maximum atomic E-state index is 4.67. The Hall–Kier alpha value is -0.760. The second kappa shape index (κ2) is 2.52. The lowest BCUT2D eigenvalue weighted by atomic mass is 10.3. The van der Waals surface area contributed by atoms with Crippen LogP contribution in [0.25, 0.3) is 0 Å². The molecule has 0 atom stereocenters. The molecule has 0 aliphatic heterocycles. The van der Waals surface area contributed by atoms with Crippen LogP contribution >= 0.6 is 12.2 Å². The van der Waals surface area contributed by atoms with Crippen molar-refractivity contribution < 1.29 is 0 Å². The van der Waals surface area contributed by atoms with Gasteiger partial charge < -0.3 is 0 Å². The Morgan fingerprint density at radius 2 is 2.00 bits per heavy atom. The van der Waals surface area contributed by atoms with Gasteiger partial charge >= 0.3 is 0 Å². The Morgan fingerprint density at radius 3 is 2.38 bits per heavy atom. The minimum atomic E-state index is 1.04. The van der Waals surface area contributed by atoms with Gasteiger partial charge in [-0.15, -0.1) is 0 Å². The molecule has 40 valence electrons. The highest BCUT2D eigenvalue weighted by Crippen LogP contribution is 1.89. The minimum Gasteiger partial charge on any atom is -0.265 e. The van der Waals surface area contributed by atoms with Gasteiger partial charge in [0.15, 0.2) is 0 Å². The monoisotopic (exact) mass is 123 g/mol. The van der Waals surface area contributed by atoms with Gasteiger partial charge in [0.05, 0.1) is 0 Å². The van der Waals surface area contributed by atoms with Crippen molar-refractivity contribution in [2.75, 3.05) is 0 Å².